The predicted molar refractivity (Wildman–Crippen MR) is 85.8 cm³/mol. The van der Waals surface area contributed by atoms with Gasteiger partial charge in [0.25, 0.3) is 0 Å². The number of hydrogen-bond acceptors (Lipinski definition) is 2. The molecule has 0 unspecified atom stereocenters. The molecule has 1 aliphatic carbocycles. The molecule has 2 nitrogen and oxygen atoms in total. The van der Waals surface area contributed by atoms with Crippen LogP contribution in [0.2, 0.25) is 0 Å². The minimum absolute atomic E-state index is 0.188. The highest BCUT2D eigenvalue weighted by molar-refractivity contribution is 5.22. The van der Waals surface area contributed by atoms with Gasteiger partial charge in [-0.25, -0.2) is 0 Å². The van der Waals surface area contributed by atoms with Gasteiger partial charge in [-0.1, -0.05) is 37.6 Å². The van der Waals surface area contributed by atoms with E-state index in [1.165, 1.54) is 23.6 Å². The third kappa shape index (κ3) is 5.27. The summed E-state index contributed by atoms with van der Waals surface area (Å²) in [5.41, 5.74) is 2.58. The highest BCUT2D eigenvalue weighted by Crippen LogP contribution is 2.28. The first-order valence-corrected chi connectivity index (χ1v) is 8.18. The highest BCUT2D eigenvalue weighted by atomic mass is 19.1. The number of allylic oxidation sites excluding steroid dienone is 2. The van der Waals surface area contributed by atoms with Gasteiger partial charge in [0.1, 0.15) is 6.07 Å². The van der Waals surface area contributed by atoms with Crippen LogP contribution in [0.1, 0.15) is 50.2 Å². The van der Waals surface area contributed by atoms with Gasteiger partial charge in [0, 0.05) is 0 Å². The van der Waals surface area contributed by atoms with E-state index in [1.807, 2.05) is 0 Å². The average Bonchev–Trinajstić information content (AvgIpc) is 2.56. The van der Waals surface area contributed by atoms with Crippen molar-refractivity contribution in [1.82, 2.24) is 0 Å². The SMILES string of the molecule is CCCc1ccc(COC2CCC(/C=C(/F)C#N)CC2)cc1. The fourth-order valence-electron chi connectivity index (χ4n) is 2.97. The molecule has 1 aromatic carbocycles. The van der Waals surface area contributed by atoms with Crippen molar-refractivity contribution in [3.63, 3.8) is 0 Å². The summed E-state index contributed by atoms with van der Waals surface area (Å²) in [7, 11) is 0. The average molecular weight is 301 g/mol. The first kappa shape index (κ1) is 16.7. The Morgan fingerprint density at radius 2 is 1.86 bits per heavy atom. The van der Waals surface area contributed by atoms with Crippen molar-refractivity contribution in [3.05, 3.63) is 47.3 Å². The van der Waals surface area contributed by atoms with Crippen molar-refractivity contribution in [3.8, 4) is 6.07 Å². The lowest BCUT2D eigenvalue weighted by molar-refractivity contribution is 0.0109. The lowest BCUT2D eigenvalue weighted by Gasteiger charge is -2.26. The maximum Gasteiger partial charge on any atom is 0.196 e. The summed E-state index contributed by atoms with van der Waals surface area (Å²) in [6.07, 6.45) is 7.68. The van der Waals surface area contributed by atoms with Crippen molar-refractivity contribution in [2.75, 3.05) is 0 Å². The third-order valence-electron chi connectivity index (χ3n) is 4.26. The van der Waals surface area contributed by atoms with E-state index in [9.17, 15) is 4.39 Å². The van der Waals surface area contributed by atoms with Crippen molar-refractivity contribution < 1.29 is 9.13 Å². The number of hydrogen-bond donors (Lipinski definition) is 0. The monoisotopic (exact) mass is 301 g/mol. The minimum atomic E-state index is -0.656. The van der Waals surface area contributed by atoms with Crippen molar-refractivity contribution in [1.29, 1.82) is 5.26 Å². The molecule has 118 valence electrons. The van der Waals surface area contributed by atoms with Crippen LogP contribution < -0.4 is 0 Å². The van der Waals surface area contributed by atoms with Crippen LogP contribution in [0, 0.1) is 17.2 Å². The minimum Gasteiger partial charge on any atom is -0.374 e. The number of nitriles is 1. The second-order valence-electron chi connectivity index (χ2n) is 6.04. The summed E-state index contributed by atoms with van der Waals surface area (Å²) < 4.78 is 18.9. The van der Waals surface area contributed by atoms with Crippen LogP contribution in [0.4, 0.5) is 4.39 Å². The Hall–Kier alpha value is -1.66. The molecule has 0 bridgehead atoms. The summed E-state index contributed by atoms with van der Waals surface area (Å²) in [6, 6.07) is 10.2. The van der Waals surface area contributed by atoms with Crippen LogP contribution in [-0.2, 0) is 17.8 Å². The Kier molecular flexibility index (Phi) is 6.61. The maximum absolute atomic E-state index is 12.9. The van der Waals surface area contributed by atoms with E-state index in [2.05, 4.69) is 31.2 Å². The van der Waals surface area contributed by atoms with E-state index in [0.717, 1.165) is 32.1 Å². The molecule has 0 atom stereocenters. The van der Waals surface area contributed by atoms with Gasteiger partial charge in [0.05, 0.1) is 12.7 Å². The quantitative estimate of drug-likeness (QED) is 0.685. The second kappa shape index (κ2) is 8.70. The molecular formula is C19H24FNO. The topological polar surface area (TPSA) is 33.0 Å². The van der Waals surface area contributed by atoms with Crippen LogP contribution >= 0.6 is 0 Å². The number of benzene rings is 1. The predicted octanol–water partition coefficient (Wildman–Crippen LogP) is 5.09. The molecule has 0 amide bonds. The number of nitrogens with zero attached hydrogens (tertiary/aromatic N) is 1. The maximum atomic E-state index is 12.9. The lowest BCUT2D eigenvalue weighted by Crippen LogP contribution is -2.20. The molecule has 0 saturated heterocycles. The summed E-state index contributed by atoms with van der Waals surface area (Å²) in [4.78, 5) is 0. The van der Waals surface area contributed by atoms with E-state index in [1.54, 1.807) is 6.07 Å². The van der Waals surface area contributed by atoms with Crippen molar-refractivity contribution in [2.24, 2.45) is 5.92 Å². The summed E-state index contributed by atoms with van der Waals surface area (Å²) in [6.45, 7) is 2.83. The van der Waals surface area contributed by atoms with Crippen LogP contribution in [0.25, 0.3) is 0 Å². The molecule has 1 aromatic rings. The van der Waals surface area contributed by atoms with E-state index in [-0.39, 0.29) is 12.0 Å². The van der Waals surface area contributed by atoms with Crippen molar-refractivity contribution >= 4 is 0 Å². The fraction of sp³-hybridized carbons (Fsp3) is 0.526. The largest absolute Gasteiger partial charge is 0.374 e. The van der Waals surface area contributed by atoms with Gasteiger partial charge in [-0.15, -0.1) is 0 Å². The molecule has 3 heteroatoms. The fourth-order valence-corrected chi connectivity index (χ4v) is 2.97. The third-order valence-corrected chi connectivity index (χ3v) is 4.26. The molecule has 0 spiro atoms. The van der Waals surface area contributed by atoms with Gasteiger partial charge in [0.2, 0.25) is 0 Å². The van der Waals surface area contributed by atoms with Gasteiger partial charge >= 0.3 is 0 Å². The Morgan fingerprint density at radius 1 is 1.23 bits per heavy atom. The molecular weight excluding hydrogens is 277 g/mol. The zero-order valence-electron chi connectivity index (χ0n) is 13.2. The molecule has 1 fully saturated rings. The Labute approximate surface area is 132 Å². The molecule has 0 aliphatic heterocycles. The van der Waals surface area contributed by atoms with E-state index in [4.69, 9.17) is 10.00 Å². The Bertz CT molecular complexity index is 521. The van der Waals surface area contributed by atoms with Gasteiger partial charge < -0.3 is 4.74 Å². The van der Waals surface area contributed by atoms with E-state index in [0.29, 0.717) is 6.61 Å². The number of aryl methyl sites for hydroxylation is 1. The summed E-state index contributed by atoms with van der Waals surface area (Å²) in [5, 5.41) is 8.46. The second-order valence-corrected chi connectivity index (χ2v) is 6.04. The molecule has 22 heavy (non-hydrogen) atoms. The Morgan fingerprint density at radius 3 is 2.45 bits per heavy atom. The molecule has 0 N–H and O–H groups in total. The zero-order valence-corrected chi connectivity index (χ0v) is 13.2. The summed E-state index contributed by atoms with van der Waals surface area (Å²) >= 11 is 0. The molecule has 2 rings (SSSR count). The lowest BCUT2D eigenvalue weighted by atomic mass is 9.87. The van der Waals surface area contributed by atoms with Crippen LogP contribution in [0.5, 0.6) is 0 Å². The van der Waals surface area contributed by atoms with Crippen LogP contribution in [-0.4, -0.2) is 6.10 Å². The smallest absolute Gasteiger partial charge is 0.196 e. The molecule has 0 radical (unpaired) electrons. The molecule has 0 heterocycles. The highest BCUT2D eigenvalue weighted by Gasteiger charge is 2.20. The van der Waals surface area contributed by atoms with E-state index < -0.39 is 5.83 Å². The van der Waals surface area contributed by atoms with E-state index >= 15 is 0 Å². The van der Waals surface area contributed by atoms with Crippen LogP contribution in [0.15, 0.2) is 36.2 Å². The van der Waals surface area contributed by atoms with Gasteiger partial charge in [-0.2, -0.15) is 9.65 Å². The van der Waals surface area contributed by atoms with Crippen molar-refractivity contribution in [2.45, 2.75) is 58.2 Å². The van der Waals surface area contributed by atoms with Gasteiger partial charge in [0.15, 0.2) is 5.83 Å². The molecule has 1 aliphatic rings. The normalized spacial score (nSPS) is 22.3. The van der Waals surface area contributed by atoms with Gasteiger partial charge in [-0.3, -0.25) is 0 Å². The number of rotatable bonds is 6. The number of halogens is 1. The van der Waals surface area contributed by atoms with Crippen LogP contribution in [0.3, 0.4) is 0 Å². The summed E-state index contributed by atoms with van der Waals surface area (Å²) in [5.74, 6) is -0.468. The molecule has 1 saturated carbocycles. The standard InChI is InChI=1S/C19H24FNO/c1-2-3-15-4-6-17(7-5-15)14-22-19-10-8-16(9-11-19)12-18(20)13-21/h4-7,12,16,19H,2-3,8-11,14H2,1H3/b18-12+. The Balaban J connectivity index is 1.74. The number of ether oxygens (including phenoxy) is 1. The van der Waals surface area contributed by atoms with Gasteiger partial charge in [-0.05, 0) is 55.2 Å². The zero-order chi connectivity index (χ0) is 15.8. The first-order chi connectivity index (χ1) is 10.7. The molecule has 0 aromatic heterocycles. The first-order valence-electron chi connectivity index (χ1n) is 8.18.